The molecule has 0 unspecified atom stereocenters. The van der Waals surface area contributed by atoms with E-state index in [-0.39, 0.29) is 0 Å². The fourth-order valence-electron chi connectivity index (χ4n) is 3.32. The van der Waals surface area contributed by atoms with Crippen molar-refractivity contribution in [3.8, 4) is 6.07 Å². The summed E-state index contributed by atoms with van der Waals surface area (Å²) in [7, 11) is 0. The maximum Gasteiger partial charge on any atom is 0.110 e. The lowest BCUT2D eigenvalue weighted by Crippen LogP contribution is -2.38. The quantitative estimate of drug-likeness (QED) is 0.746. The predicted octanol–water partition coefficient (Wildman–Crippen LogP) is 2.74. The molecule has 3 aliphatic rings. The lowest BCUT2D eigenvalue weighted by molar-refractivity contribution is 0.475. The van der Waals surface area contributed by atoms with Crippen LogP contribution >= 0.6 is 0 Å². The van der Waals surface area contributed by atoms with Crippen molar-refractivity contribution in [2.24, 2.45) is 0 Å². The summed E-state index contributed by atoms with van der Waals surface area (Å²) in [5.74, 6) is 2.00. The average molecular weight is 223 g/mol. The van der Waals surface area contributed by atoms with Crippen LogP contribution in [-0.4, -0.2) is 18.1 Å². The van der Waals surface area contributed by atoms with E-state index in [4.69, 9.17) is 5.26 Å². The van der Waals surface area contributed by atoms with Crippen LogP contribution in [0.15, 0.2) is 18.2 Å². The molecule has 3 heteroatoms. The highest BCUT2D eigenvalue weighted by molar-refractivity contribution is 5.91. The van der Waals surface area contributed by atoms with Gasteiger partial charge in [-0.15, -0.1) is 0 Å². The molecule has 0 spiro atoms. The van der Waals surface area contributed by atoms with Gasteiger partial charge in [0.2, 0.25) is 0 Å². The van der Waals surface area contributed by atoms with Crippen LogP contribution in [0.2, 0.25) is 0 Å². The number of anilines is 1. The van der Waals surface area contributed by atoms with E-state index in [1.807, 2.05) is 18.2 Å². The zero-order valence-corrected chi connectivity index (χ0v) is 9.53. The number of aromatic nitrogens is 1. The van der Waals surface area contributed by atoms with Crippen molar-refractivity contribution in [3.63, 3.8) is 0 Å². The fraction of sp³-hybridized carbons (Fsp3) is 0.357. The van der Waals surface area contributed by atoms with Crippen LogP contribution < -0.4 is 4.90 Å². The fourth-order valence-corrected chi connectivity index (χ4v) is 3.32. The lowest BCUT2D eigenvalue weighted by atomic mass is 9.84. The number of nitrogens with zero attached hydrogens (tertiary/aromatic N) is 2. The maximum absolute atomic E-state index is 9.00. The molecule has 5 rings (SSSR count). The van der Waals surface area contributed by atoms with Crippen LogP contribution in [0.4, 0.5) is 5.82 Å². The van der Waals surface area contributed by atoms with Crippen molar-refractivity contribution in [2.75, 3.05) is 18.0 Å². The third-order valence-electron chi connectivity index (χ3n) is 4.17. The van der Waals surface area contributed by atoms with Gasteiger partial charge in [0.25, 0.3) is 0 Å². The van der Waals surface area contributed by atoms with E-state index in [1.54, 1.807) is 0 Å². The minimum absolute atomic E-state index is 0.692. The number of fused-ring (bicyclic) bond motifs is 3. The van der Waals surface area contributed by atoms with E-state index in [2.05, 4.69) is 16.0 Å². The second kappa shape index (κ2) is 3.04. The molecule has 4 heterocycles. The predicted molar refractivity (Wildman–Crippen MR) is 67.2 cm³/mol. The van der Waals surface area contributed by atoms with Crippen LogP contribution in [0, 0.1) is 11.3 Å². The van der Waals surface area contributed by atoms with Gasteiger partial charge in [-0.1, -0.05) is 0 Å². The number of rotatable bonds is 0. The van der Waals surface area contributed by atoms with Crippen LogP contribution in [-0.2, 0) is 0 Å². The van der Waals surface area contributed by atoms with Crippen molar-refractivity contribution in [2.45, 2.75) is 18.8 Å². The van der Waals surface area contributed by atoms with Crippen LogP contribution in [0.3, 0.4) is 0 Å². The highest BCUT2D eigenvalue weighted by Gasteiger charge is 2.33. The summed E-state index contributed by atoms with van der Waals surface area (Å²) in [5, 5.41) is 10.3. The highest BCUT2D eigenvalue weighted by Crippen LogP contribution is 2.45. The molecular weight excluding hydrogens is 210 g/mol. The molecule has 2 bridgehead atoms. The van der Waals surface area contributed by atoms with Crippen molar-refractivity contribution in [1.29, 1.82) is 5.26 Å². The van der Waals surface area contributed by atoms with E-state index in [0.29, 0.717) is 5.92 Å². The zero-order chi connectivity index (χ0) is 11.4. The Hall–Kier alpha value is -1.95. The highest BCUT2D eigenvalue weighted by atomic mass is 15.2. The first-order chi connectivity index (χ1) is 8.36. The summed E-state index contributed by atoms with van der Waals surface area (Å²) in [6, 6.07) is 8.19. The summed E-state index contributed by atoms with van der Waals surface area (Å²) in [6.45, 7) is 2.35. The van der Waals surface area contributed by atoms with Gasteiger partial charge in [0.1, 0.15) is 5.82 Å². The number of aromatic amines is 1. The number of nitriles is 1. The second-order valence-electron chi connectivity index (χ2n) is 5.02. The number of piperidine rings is 1. The van der Waals surface area contributed by atoms with E-state index >= 15 is 0 Å². The van der Waals surface area contributed by atoms with E-state index in [9.17, 15) is 0 Å². The van der Waals surface area contributed by atoms with Gasteiger partial charge in [-0.3, -0.25) is 0 Å². The molecule has 0 amide bonds. The number of nitrogens with one attached hydrogen (secondary N) is 1. The molecule has 84 valence electrons. The standard InChI is InChI=1S/C14H13N3/c15-8-9-1-2-12-11(7-9)13-10-3-5-17(6-4-10)14(13)16-12/h1-2,7,10,16H,3-6H2. The maximum atomic E-state index is 9.00. The lowest BCUT2D eigenvalue weighted by Gasteiger charge is -2.40. The third kappa shape index (κ3) is 1.10. The molecule has 0 aliphatic carbocycles. The van der Waals surface area contributed by atoms with E-state index < -0.39 is 0 Å². The van der Waals surface area contributed by atoms with Gasteiger partial charge >= 0.3 is 0 Å². The Labute approximate surface area is 99.7 Å². The summed E-state index contributed by atoms with van der Waals surface area (Å²) in [6.07, 6.45) is 2.52. The topological polar surface area (TPSA) is 42.8 Å². The number of benzene rings is 1. The van der Waals surface area contributed by atoms with E-state index in [1.165, 1.54) is 48.2 Å². The first kappa shape index (κ1) is 9.12. The molecular formula is C14H13N3. The molecule has 0 saturated carbocycles. The average Bonchev–Trinajstić information content (AvgIpc) is 2.80. The largest absolute Gasteiger partial charge is 0.358 e. The molecule has 0 atom stereocenters. The summed E-state index contributed by atoms with van der Waals surface area (Å²) in [4.78, 5) is 5.96. The van der Waals surface area contributed by atoms with Crippen molar-refractivity contribution in [1.82, 2.24) is 4.98 Å². The molecule has 1 aromatic heterocycles. The Morgan fingerprint density at radius 1 is 1.29 bits per heavy atom. The van der Waals surface area contributed by atoms with Gasteiger partial charge in [0.15, 0.2) is 0 Å². The van der Waals surface area contributed by atoms with Crippen LogP contribution in [0.5, 0.6) is 0 Å². The Morgan fingerprint density at radius 2 is 2.12 bits per heavy atom. The van der Waals surface area contributed by atoms with Gasteiger partial charge in [0, 0.05) is 29.6 Å². The van der Waals surface area contributed by atoms with E-state index in [0.717, 1.165) is 5.56 Å². The first-order valence-electron chi connectivity index (χ1n) is 6.17. The summed E-state index contributed by atoms with van der Waals surface area (Å²) >= 11 is 0. The van der Waals surface area contributed by atoms with Crippen molar-refractivity contribution in [3.05, 3.63) is 29.3 Å². The molecule has 3 aliphatic heterocycles. The van der Waals surface area contributed by atoms with Gasteiger partial charge in [0.05, 0.1) is 11.6 Å². The van der Waals surface area contributed by atoms with Crippen molar-refractivity contribution < 1.29 is 0 Å². The molecule has 2 aromatic rings. The molecule has 1 N–H and O–H groups in total. The normalized spacial score (nSPS) is 18.4. The van der Waals surface area contributed by atoms with Crippen LogP contribution in [0.25, 0.3) is 10.9 Å². The van der Waals surface area contributed by atoms with Gasteiger partial charge < -0.3 is 9.88 Å². The minimum atomic E-state index is 0.692. The molecule has 1 aromatic carbocycles. The number of hydrogen-bond acceptors (Lipinski definition) is 2. The smallest absolute Gasteiger partial charge is 0.110 e. The molecule has 17 heavy (non-hydrogen) atoms. The first-order valence-corrected chi connectivity index (χ1v) is 6.17. The molecule has 3 nitrogen and oxygen atoms in total. The second-order valence-corrected chi connectivity index (χ2v) is 5.02. The summed E-state index contributed by atoms with van der Waals surface area (Å²) < 4.78 is 0. The van der Waals surface area contributed by atoms with Crippen LogP contribution in [0.1, 0.15) is 29.9 Å². The molecule has 1 fully saturated rings. The Bertz CT molecular complexity index is 639. The van der Waals surface area contributed by atoms with Gasteiger partial charge in [-0.25, -0.2) is 0 Å². The Morgan fingerprint density at radius 3 is 2.88 bits per heavy atom. The van der Waals surface area contributed by atoms with Gasteiger partial charge in [-0.05, 0) is 37.0 Å². The third-order valence-corrected chi connectivity index (χ3v) is 4.17. The molecule has 0 radical (unpaired) electrons. The number of H-pyrrole nitrogens is 1. The van der Waals surface area contributed by atoms with Gasteiger partial charge in [-0.2, -0.15) is 5.26 Å². The molecule has 1 saturated heterocycles. The monoisotopic (exact) mass is 223 g/mol. The Kier molecular flexibility index (Phi) is 1.63. The SMILES string of the molecule is N#Cc1ccc2[nH]c3c(c2c1)C1CCN3CC1. The number of hydrogen-bond donors (Lipinski definition) is 1. The Balaban J connectivity index is 2.06. The van der Waals surface area contributed by atoms with Crippen molar-refractivity contribution >= 4 is 16.7 Å². The zero-order valence-electron chi connectivity index (χ0n) is 9.53. The minimum Gasteiger partial charge on any atom is -0.358 e. The summed E-state index contributed by atoms with van der Waals surface area (Å²) in [5.41, 5.74) is 3.39.